The van der Waals surface area contributed by atoms with Gasteiger partial charge in [0.1, 0.15) is 0 Å². The highest BCUT2D eigenvalue weighted by Gasteiger charge is 2.25. The van der Waals surface area contributed by atoms with Gasteiger partial charge in [-0.1, -0.05) is 25.4 Å². The number of hydrogen-bond donors (Lipinski definition) is 1. The lowest BCUT2D eigenvalue weighted by molar-refractivity contribution is 0.127. The molecule has 2 rings (SSSR count). The minimum atomic E-state index is 0.666. The largest absolute Gasteiger partial charge is 0.311 e. The minimum absolute atomic E-state index is 0.666. The van der Waals surface area contributed by atoms with Gasteiger partial charge in [0.25, 0.3) is 0 Å². The van der Waals surface area contributed by atoms with E-state index in [1.165, 1.54) is 24.3 Å². The Kier molecular flexibility index (Phi) is 5.49. The Morgan fingerprint density at radius 1 is 1.39 bits per heavy atom. The van der Waals surface area contributed by atoms with Crippen LogP contribution in [0.1, 0.15) is 31.6 Å². The Morgan fingerprint density at radius 3 is 2.83 bits per heavy atom. The van der Waals surface area contributed by atoms with Gasteiger partial charge in [0.15, 0.2) is 0 Å². The number of nitrogens with zero attached hydrogens (tertiary/aromatic N) is 1. The lowest BCUT2D eigenvalue weighted by Gasteiger charge is -2.40. The molecule has 18 heavy (non-hydrogen) atoms. The molecule has 1 fully saturated rings. The lowest BCUT2D eigenvalue weighted by atomic mass is 10.0. The van der Waals surface area contributed by atoms with Crippen molar-refractivity contribution in [2.24, 2.45) is 0 Å². The van der Waals surface area contributed by atoms with E-state index in [2.05, 4.69) is 30.1 Å². The summed E-state index contributed by atoms with van der Waals surface area (Å²) in [5, 5.41) is 3.64. The molecule has 2 nitrogen and oxygen atoms in total. The van der Waals surface area contributed by atoms with Crippen LogP contribution in [-0.2, 0) is 6.42 Å². The summed E-state index contributed by atoms with van der Waals surface area (Å²) in [7, 11) is 0. The molecule has 1 aliphatic heterocycles. The summed E-state index contributed by atoms with van der Waals surface area (Å²) < 4.78 is 0.906. The fourth-order valence-electron chi connectivity index (χ4n) is 2.62. The van der Waals surface area contributed by atoms with Crippen LogP contribution >= 0.6 is 22.9 Å². The van der Waals surface area contributed by atoms with E-state index < -0.39 is 0 Å². The van der Waals surface area contributed by atoms with Gasteiger partial charge in [-0.15, -0.1) is 11.3 Å². The first-order valence-corrected chi connectivity index (χ1v) is 8.14. The van der Waals surface area contributed by atoms with Gasteiger partial charge in [0, 0.05) is 36.6 Å². The van der Waals surface area contributed by atoms with Crippen LogP contribution in [0.4, 0.5) is 0 Å². The van der Waals surface area contributed by atoms with Crippen molar-refractivity contribution in [1.29, 1.82) is 0 Å². The molecule has 1 aromatic heterocycles. The van der Waals surface area contributed by atoms with Crippen LogP contribution in [0, 0.1) is 0 Å². The highest BCUT2D eigenvalue weighted by molar-refractivity contribution is 7.16. The zero-order valence-corrected chi connectivity index (χ0v) is 12.9. The maximum atomic E-state index is 5.98. The molecular weight excluding hydrogens is 264 g/mol. The van der Waals surface area contributed by atoms with Crippen LogP contribution in [0.2, 0.25) is 4.34 Å². The zero-order chi connectivity index (χ0) is 13.0. The molecule has 0 saturated carbocycles. The molecule has 102 valence electrons. The first-order chi connectivity index (χ1) is 8.72. The monoisotopic (exact) mass is 286 g/mol. The van der Waals surface area contributed by atoms with Gasteiger partial charge >= 0.3 is 0 Å². The lowest BCUT2D eigenvalue weighted by Crippen LogP contribution is -2.56. The second-order valence-electron chi connectivity index (χ2n) is 5.03. The Bertz CT molecular complexity index is 366. The third-order valence-electron chi connectivity index (χ3n) is 3.85. The SMILES string of the molecule is CCC1CN(CCc2ccc(Cl)s2)C(CC)CN1. The highest BCUT2D eigenvalue weighted by atomic mass is 35.5. The van der Waals surface area contributed by atoms with Crippen LogP contribution < -0.4 is 5.32 Å². The average molecular weight is 287 g/mol. The summed E-state index contributed by atoms with van der Waals surface area (Å²) in [5.74, 6) is 0. The van der Waals surface area contributed by atoms with Crippen molar-refractivity contribution in [3.63, 3.8) is 0 Å². The topological polar surface area (TPSA) is 15.3 Å². The molecule has 0 amide bonds. The van der Waals surface area contributed by atoms with Gasteiger partial charge in [0.05, 0.1) is 4.34 Å². The number of nitrogens with one attached hydrogen (secondary N) is 1. The second-order valence-corrected chi connectivity index (χ2v) is 6.83. The Morgan fingerprint density at radius 2 is 2.22 bits per heavy atom. The first-order valence-electron chi connectivity index (χ1n) is 6.94. The number of halogens is 1. The molecule has 1 N–H and O–H groups in total. The zero-order valence-electron chi connectivity index (χ0n) is 11.3. The van der Waals surface area contributed by atoms with Crippen molar-refractivity contribution in [1.82, 2.24) is 10.2 Å². The summed E-state index contributed by atoms with van der Waals surface area (Å²) in [4.78, 5) is 4.06. The molecule has 0 bridgehead atoms. The van der Waals surface area contributed by atoms with Crippen molar-refractivity contribution in [2.75, 3.05) is 19.6 Å². The van der Waals surface area contributed by atoms with E-state index in [0.29, 0.717) is 12.1 Å². The Hall–Kier alpha value is -0.0900. The Balaban J connectivity index is 1.88. The molecule has 1 aromatic rings. The van der Waals surface area contributed by atoms with Crippen LogP contribution in [-0.4, -0.2) is 36.6 Å². The van der Waals surface area contributed by atoms with Crippen molar-refractivity contribution in [3.8, 4) is 0 Å². The van der Waals surface area contributed by atoms with Crippen molar-refractivity contribution in [3.05, 3.63) is 21.3 Å². The third kappa shape index (κ3) is 3.70. The molecular formula is C14H23ClN2S. The van der Waals surface area contributed by atoms with E-state index in [9.17, 15) is 0 Å². The molecule has 2 unspecified atom stereocenters. The van der Waals surface area contributed by atoms with Crippen LogP contribution in [0.15, 0.2) is 12.1 Å². The number of thiophene rings is 1. The van der Waals surface area contributed by atoms with Gasteiger partial charge < -0.3 is 5.32 Å². The molecule has 2 heterocycles. The summed E-state index contributed by atoms with van der Waals surface area (Å²) >= 11 is 7.69. The maximum absolute atomic E-state index is 5.98. The van der Waals surface area contributed by atoms with Gasteiger partial charge in [-0.2, -0.15) is 0 Å². The highest BCUT2D eigenvalue weighted by Crippen LogP contribution is 2.22. The molecule has 0 spiro atoms. The van der Waals surface area contributed by atoms with Crippen LogP contribution in [0.25, 0.3) is 0 Å². The molecule has 0 radical (unpaired) electrons. The molecule has 1 saturated heterocycles. The van der Waals surface area contributed by atoms with Gasteiger partial charge in [-0.25, -0.2) is 0 Å². The van der Waals surface area contributed by atoms with Crippen molar-refractivity contribution in [2.45, 2.75) is 45.2 Å². The summed E-state index contributed by atoms with van der Waals surface area (Å²) in [6.45, 7) is 8.04. The fourth-order valence-corrected chi connectivity index (χ4v) is 3.69. The first kappa shape index (κ1) is 14.3. The quantitative estimate of drug-likeness (QED) is 0.892. The second kappa shape index (κ2) is 6.90. The van der Waals surface area contributed by atoms with Gasteiger partial charge in [-0.3, -0.25) is 4.90 Å². The molecule has 1 aliphatic rings. The van der Waals surface area contributed by atoms with Gasteiger partial charge in [0.2, 0.25) is 0 Å². The predicted molar refractivity (Wildman–Crippen MR) is 80.8 cm³/mol. The van der Waals surface area contributed by atoms with E-state index in [-0.39, 0.29) is 0 Å². The van der Waals surface area contributed by atoms with E-state index in [1.807, 2.05) is 6.07 Å². The molecule has 4 heteroatoms. The van der Waals surface area contributed by atoms with Crippen LogP contribution in [0.3, 0.4) is 0 Å². The number of rotatable bonds is 5. The Labute approximate surface area is 119 Å². The average Bonchev–Trinajstić information content (AvgIpc) is 2.81. The summed E-state index contributed by atoms with van der Waals surface area (Å²) in [6.07, 6.45) is 3.58. The van der Waals surface area contributed by atoms with E-state index in [0.717, 1.165) is 23.8 Å². The number of piperazine rings is 1. The minimum Gasteiger partial charge on any atom is -0.311 e. The fraction of sp³-hybridized carbons (Fsp3) is 0.714. The molecule has 2 atom stereocenters. The summed E-state index contributed by atoms with van der Waals surface area (Å²) in [6, 6.07) is 5.53. The van der Waals surface area contributed by atoms with Gasteiger partial charge in [-0.05, 0) is 31.4 Å². The van der Waals surface area contributed by atoms with Crippen LogP contribution in [0.5, 0.6) is 0 Å². The van der Waals surface area contributed by atoms with Crippen molar-refractivity contribution >= 4 is 22.9 Å². The molecule has 0 aromatic carbocycles. The molecule has 0 aliphatic carbocycles. The van der Waals surface area contributed by atoms with E-state index in [4.69, 9.17) is 11.6 Å². The summed E-state index contributed by atoms with van der Waals surface area (Å²) in [5.41, 5.74) is 0. The van der Waals surface area contributed by atoms with E-state index >= 15 is 0 Å². The number of hydrogen-bond acceptors (Lipinski definition) is 3. The van der Waals surface area contributed by atoms with Crippen molar-refractivity contribution < 1.29 is 0 Å². The van der Waals surface area contributed by atoms with E-state index in [1.54, 1.807) is 11.3 Å². The smallest absolute Gasteiger partial charge is 0.0931 e. The maximum Gasteiger partial charge on any atom is 0.0931 e. The standard InChI is InChI=1S/C14H23ClN2S/c1-3-11-10-17(12(4-2)9-16-11)8-7-13-5-6-14(15)18-13/h5-6,11-12,16H,3-4,7-10H2,1-2H3. The third-order valence-corrected chi connectivity index (χ3v) is 5.14. The predicted octanol–water partition coefficient (Wildman–Crippen LogP) is 3.41. The normalized spacial score (nSPS) is 25.5.